The molecule has 2 aliphatic rings. The van der Waals surface area contributed by atoms with Gasteiger partial charge in [-0.1, -0.05) is 6.92 Å². The van der Waals surface area contributed by atoms with E-state index in [2.05, 4.69) is 17.1 Å². The van der Waals surface area contributed by atoms with E-state index in [0.29, 0.717) is 13.2 Å². The number of rotatable bonds is 3. The van der Waals surface area contributed by atoms with E-state index in [1.54, 1.807) is 13.8 Å². The molecule has 6 nitrogen and oxygen atoms in total. The van der Waals surface area contributed by atoms with Crippen LogP contribution in [0.3, 0.4) is 0 Å². The fourth-order valence-corrected chi connectivity index (χ4v) is 2.48. The monoisotopic (exact) mass is 269 g/mol. The Balaban J connectivity index is 2.00. The van der Waals surface area contributed by atoms with Crippen molar-refractivity contribution in [3.63, 3.8) is 0 Å². The lowest BCUT2D eigenvalue weighted by molar-refractivity contribution is -0.156. The van der Waals surface area contributed by atoms with Gasteiger partial charge in [0.25, 0.3) is 0 Å². The molecule has 0 saturated carbocycles. The third-order valence-electron chi connectivity index (χ3n) is 3.82. The Morgan fingerprint density at radius 2 is 2.16 bits per heavy atom. The van der Waals surface area contributed by atoms with E-state index in [-0.39, 0.29) is 24.5 Å². The number of morpholine rings is 1. The zero-order valence-corrected chi connectivity index (χ0v) is 11.9. The van der Waals surface area contributed by atoms with Gasteiger partial charge >= 0.3 is 0 Å². The van der Waals surface area contributed by atoms with Gasteiger partial charge in [0.1, 0.15) is 0 Å². The van der Waals surface area contributed by atoms with Crippen molar-refractivity contribution in [3.05, 3.63) is 0 Å². The van der Waals surface area contributed by atoms with Crippen molar-refractivity contribution < 1.29 is 14.3 Å². The van der Waals surface area contributed by atoms with Crippen molar-refractivity contribution >= 4 is 11.8 Å². The van der Waals surface area contributed by atoms with E-state index in [1.807, 2.05) is 0 Å². The van der Waals surface area contributed by atoms with Crippen LogP contribution in [0.25, 0.3) is 0 Å². The van der Waals surface area contributed by atoms with E-state index >= 15 is 0 Å². The SMILES string of the molecule is CCN1CCOC(CN2C(=O)CNC(C)(C)C2=O)C1. The average molecular weight is 269 g/mol. The van der Waals surface area contributed by atoms with Gasteiger partial charge in [-0.25, -0.2) is 0 Å². The molecule has 2 saturated heterocycles. The van der Waals surface area contributed by atoms with E-state index < -0.39 is 5.54 Å². The normalized spacial score (nSPS) is 28.8. The van der Waals surface area contributed by atoms with Crippen LogP contribution in [0.2, 0.25) is 0 Å². The topological polar surface area (TPSA) is 61.9 Å². The third-order valence-corrected chi connectivity index (χ3v) is 3.82. The number of nitrogens with one attached hydrogen (secondary N) is 1. The Labute approximate surface area is 114 Å². The summed E-state index contributed by atoms with van der Waals surface area (Å²) in [7, 11) is 0. The summed E-state index contributed by atoms with van der Waals surface area (Å²) in [6.45, 7) is 9.60. The lowest BCUT2D eigenvalue weighted by Crippen LogP contribution is -2.65. The summed E-state index contributed by atoms with van der Waals surface area (Å²) < 4.78 is 5.67. The van der Waals surface area contributed by atoms with Gasteiger partial charge in [0.15, 0.2) is 0 Å². The van der Waals surface area contributed by atoms with Gasteiger partial charge in [0, 0.05) is 13.1 Å². The molecule has 1 unspecified atom stereocenters. The molecule has 1 atom stereocenters. The van der Waals surface area contributed by atoms with Gasteiger partial charge in [0.05, 0.1) is 31.3 Å². The molecule has 2 rings (SSSR count). The maximum atomic E-state index is 12.3. The number of carbonyl (C=O) groups excluding carboxylic acids is 2. The molecule has 108 valence electrons. The molecular weight excluding hydrogens is 246 g/mol. The number of imide groups is 1. The summed E-state index contributed by atoms with van der Waals surface area (Å²) in [6.07, 6.45) is -0.0736. The van der Waals surface area contributed by atoms with Crippen LogP contribution in [-0.4, -0.2) is 72.6 Å². The number of nitrogens with zero attached hydrogens (tertiary/aromatic N) is 2. The van der Waals surface area contributed by atoms with Crippen molar-refractivity contribution in [2.45, 2.75) is 32.4 Å². The summed E-state index contributed by atoms with van der Waals surface area (Å²) in [5.74, 6) is -0.331. The van der Waals surface area contributed by atoms with Crippen LogP contribution in [-0.2, 0) is 14.3 Å². The summed E-state index contributed by atoms with van der Waals surface area (Å²) in [6, 6.07) is 0. The summed E-state index contributed by atoms with van der Waals surface area (Å²) >= 11 is 0. The van der Waals surface area contributed by atoms with Crippen LogP contribution in [0, 0.1) is 0 Å². The molecule has 2 amide bonds. The first-order valence-electron chi connectivity index (χ1n) is 6.88. The van der Waals surface area contributed by atoms with Gasteiger partial charge < -0.3 is 4.74 Å². The molecule has 0 aliphatic carbocycles. The first-order chi connectivity index (χ1) is 8.94. The smallest absolute Gasteiger partial charge is 0.249 e. The van der Waals surface area contributed by atoms with Gasteiger partial charge in [-0.15, -0.1) is 0 Å². The molecule has 0 bridgehead atoms. The predicted octanol–water partition coefficient (Wildman–Crippen LogP) is -0.556. The van der Waals surface area contributed by atoms with Crippen molar-refractivity contribution in [3.8, 4) is 0 Å². The van der Waals surface area contributed by atoms with E-state index in [0.717, 1.165) is 19.6 Å². The number of hydrogen-bond donors (Lipinski definition) is 1. The molecule has 0 aromatic heterocycles. The molecule has 1 N–H and O–H groups in total. The van der Waals surface area contributed by atoms with E-state index in [9.17, 15) is 9.59 Å². The second-order valence-electron chi connectivity index (χ2n) is 5.67. The fourth-order valence-electron chi connectivity index (χ4n) is 2.48. The zero-order chi connectivity index (χ0) is 14.0. The lowest BCUT2D eigenvalue weighted by Gasteiger charge is -2.40. The second-order valence-corrected chi connectivity index (χ2v) is 5.67. The summed E-state index contributed by atoms with van der Waals surface area (Å²) in [5.41, 5.74) is -0.674. The van der Waals surface area contributed by atoms with Gasteiger partial charge in [-0.3, -0.25) is 24.7 Å². The van der Waals surface area contributed by atoms with Crippen molar-refractivity contribution in [2.24, 2.45) is 0 Å². The van der Waals surface area contributed by atoms with Gasteiger partial charge in [-0.2, -0.15) is 0 Å². The van der Waals surface area contributed by atoms with Crippen LogP contribution in [0.1, 0.15) is 20.8 Å². The van der Waals surface area contributed by atoms with Crippen LogP contribution >= 0.6 is 0 Å². The first-order valence-corrected chi connectivity index (χ1v) is 6.88. The highest BCUT2D eigenvalue weighted by molar-refractivity contribution is 6.03. The summed E-state index contributed by atoms with van der Waals surface area (Å²) in [4.78, 5) is 27.8. The molecule has 19 heavy (non-hydrogen) atoms. The molecular formula is C13H23N3O3. The highest BCUT2D eigenvalue weighted by atomic mass is 16.5. The summed E-state index contributed by atoms with van der Waals surface area (Å²) in [5, 5.41) is 2.95. The molecule has 0 aromatic rings. The third kappa shape index (κ3) is 3.13. The largest absolute Gasteiger partial charge is 0.374 e. The van der Waals surface area contributed by atoms with Crippen LogP contribution < -0.4 is 5.32 Å². The molecule has 0 aromatic carbocycles. The number of ether oxygens (including phenoxy) is 1. The molecule has 2 aliphatic heterocycles. The maximum Gasteiger partial charge on any atom is 0.249 e. The standard InChI is InChI=1S/C13H23N3O3/c1-4-15-5-6-19-10(8-15)9-16-11(17)7-14-13(2,3)12(16)18/h10,14H,4-9H2,1-3H3. The molecule has 2 fully saturated rings. The zero-order valence-electron chi connectivity index (χ0n) is 11.9. The van der Waals surface area contributed by atoms with Crippen molar-refractivity contribution in [2.75, 3.05) is 39.3 Å². The van der Waals surface area contributed by atoms with Crippen LogP contribution in [0.4, 0.5) is 0 Å². The highest BCUT2D eigenvalue weighted by Crippen LogP contribution is 2.15. The Morgan fingerprint density at radius 1 is 1.42 bits per heavy atom. The molecule has 2 heterocycles. The van der Waals surface area contributed by atoms with Crippen molar-refractivity contribution in [1.82, 2.24) is 15.1 Å². The first kappa shape index (κ1) is 14.4. The average Bonchev–Trinajstić information content (AvgIpc) is 2.40. The fraction of sp³-hybridized carbons (Fsp3) is 0.846. The quantitative estimate of drug-likeness (QED) is 0.696. The molecule has 6 heteroatoms. The number of likely N-dealkylation sites (N-methyl/N-ethyl adjacent to an activating group) is 1. The Kier molecular flexibility index (Phi) is 4.23. The minimum Gasteiger partial charge on any atom is -0.374 e. The van der Waals surface area contributed by atoms with Gasteiger partial charge in [-0.05, 0) is 20.4 Å². The minimum absolute atomic E-state index is 0.0736. The van der Waals surface area contributed by atoms with Crippen LogP contribution in [0.15, 0.2) is 0 Å². The van der Waals surface area contributed by atoms with E-state index in [4.69, 9.17) is 4.74 Å². The number of piperazine rings is 1. The highest BCUT2D eigenvalue weighted by Gasteiger charge is 2.41. The second kappa shape index (κ2) is 5.56. The van der Waals surface area contributed by atoms with Crippen molar-refractivity contribution in [1.29, 1.82) is 0 Å². The molecule has 0 spiro atoms. The van der Waals surface area contributed by atoms with Crippen LogP contribution in [0.5, 0.6) is 0 Å². The van der Waals surface area contributed by atoms with Gasteiger partial charge in [0.2, 0.25) is 11.8 Å². The maximum absolute atomic E-state index is 12.3. The Bertz CT molecular complexity index is 370. The Hall–Kier alpha value is -0.980. The number of amides is 2. The lowest BCUT2D eigenvalue weighted by atomic mass is 10.00. The minimum atomic E-state index is -0.674. The predicted molar refractivity (Wildman–Crippen MR) is 70.7 cm³/mol. The number of hydrogen-bond acceptors (Lipinski definition) is 5. The molecule has 0 radical (unpaired) electrons. The number of carbonyl (C=O) groups is 2. The van der Waals surface area contributed by atoms with E-state index in [1.165, 1.54) is 4.90 Å². The Morgan fingerprint density at radius 3 is 2.84 bits per heavy atom.